The molecular weight excluding hydrogens is 250 g/mol. The van der Waals surface area contributed by atoms with Crippen molar-refractivity contribution in [2.24, 2.45) is 0 Å². The van der Waals surface area contributed by atoms with Crippen molar-refractivity contribution < 1.29 is 9.53 Å². The molecule has 0 atom stereocenters. The molecule has 0 aliphatic rings. The molecule has 0 N–H and O–H groups in total. The van der Waals surface area contributed by atoms with Gasteiger partial charge >= 0.3 is 0 Å². The summed E-state index contributed by atoms with van der Waals surface area (Å²) < 4.78 is 5.67. The van der Waals surface area contributed by atoms with Crippen LogP contribution in [0.2, 0.25) is 0 Å². The molecule has 0 aliphatic carbocycles. The number of benzene rings is 2. The molecule has 0 aliphatic heterocycles. The van der Waals surface area contributed by atoms with E-state index in [1.807, 2.05) is 30.3 Å². The summed E-state index contributed by atoms with van der Waals surface area (Å²) in [5, 5.41) is 8.72. The number of aryl methyl sites for hydroxylation is 1. The fourth-order valence-corrected chi connectivity index (χ4v) is 1.91. The van der Waals surface area contributed by atoms with Gasteiger partial charge in [-0.25, -0.2) is 0 Å². The third-order valence-corrected chi connectivity index (χ3v) is 3.09. The topological polar surface area (TPSA) is 50.1 Å². The Balaban J connectivity index is 2.11. The minimum atomic E-state index is -0.537. The standard InChI is InChI=1S/C17H15NO2/c1-2-13-7-9-15(10-8-13)20-12-14-5-3-4-6-16(14)17(19)11-18/h3-10H,2,12H2,1H3. The molecule has 100 valence electrons. The van der Waals surface area contributed by atoms with Crippen LogP contribution in [0.15, 0.2) is 48.5 Å². The zero-order chi connectivity index (χ0) is 14.4. The second kappa shape index (κ2) is 6.53. The Hall–Kier alpha value is -2.60. The Morgan fingerprint density at radius 1 is 1.15 bits per heavy atom. The van der Waals surface area contributed by atoms with Crippen molar-refractivity contribution in [3.63, 3.8) is 0 Å². The number of hydrogen-bond acceptors (Lipinski definition) is 3. The number of ketones is 1. The Labute approximate surface area is 118 Å². The number of hydrogen-bond donors (Lipinski definition) is 0. The Morgan fingerprint density at radius 2 is 1.85 bits per heavy atom. The maximum atomic E-state index is 11.5. The van der Waals surface area contributed by atoms with Gasteiger partial charge in [0.15, 0.2) is 0 Å². The van der Waals surface area contributed by atoms with E-state index in [4.69, 9.17) is 10.00 Å². The fraction of sp³-hybridized carbons (Fsp3) is 0.176. The summed E-state index contributed by atoms with van der Waals surface area (Å²) in [5.74, 6) is 0.215. The van der Waals surface area contributed by atoms with Crippen molar-refractivity contribution in [3.05, 3.63) is 65.2 Å². The first kappa shape index (κ1) is 13.8. The lowest BCUT2D eigenvalue weighted by Gasteiger charge is -2.09. The summed E-state index contributed by atoms with van der Waals surface area (Å²) >= 11 is 0. The van der Waals surface area contributed by atoms with Crippen LogP contribution in [0.1, 0.15) is 28.4 Å². The molecule has 0 saturated heterocycles. The van der Waals surface area contributed by atoms with E-state index in [-0.39, 0.29) is 6.61 Å². The van der Waals surface area contributed by atoms with Gasteiger partial charge in [0.05, 0.1) is 0 Å². The zero-order valence-electron chi connectivity index (χ0n) is 11.3. The quantitative estimate of drug-likeness (QED) is 0.613. The van der Waals surface area contributed by atoms with Crippen molar-refractivity contribution in [3.8, 4) is 11.8 Å². The summed E-state index contributed by atoms with van der Waals surface area (Å²) in [6, 6.07) is 16.5. The van der Waals surface area contributed by atoms with Crippen LogP contribution in [0.25, 0.3) is 0 Å². The van der Waals surface area contributed by atoms with Gasteiger partial charge in [0, 0.05) is 11.1 Å². The van der Waals surface area contributed by atoms with Crippen molar-refractivity contribution in [2.75, 3.05) is 0 Å². The van der Waals surface area contributed by atoms with E-state index in [0.29, 0.717) is 5.56 Å². The van der Waals surface area contributed by atoms with Crippen LogP contribution in [-0.4, -0.2) is 5.78 Å². The maximum Gasteiger partial charge on any atom is 0.262 e. The number of Topliss-reactive ketones (excluding diaryl/α,β-unsaturated/α-hetero) is 1. The first-order valence-corrected chi connectivity index (χ1v) is 6.48. The first-order valence-electron chi connectivity index (χ1n) is 6.48. The molecule has 2 rings (SSSR count). The number of nitriles is 1. The number of ether oxygens (including phenoxy) is 1. The third-order valence-electron chi connectivity index (χ3n) is 3.09. The van der Waals surface area contributed by atoms with Crippen LogP contribution in [0, 0.1) is 11.3 Å². The molecule has 0 amide bonds. The summed E-state index contributed by atoms with van der Waals surface area (Å²) in [5.41, 5.74) is 2.37. The van der Waals surface area contributed by atoms with Gasteiger partial charge in [-0.1, -0.05) is 37.3 Å². The average molecular weight is 265 g/mol. The number of carbonyl (C=O) groups excluding carboxylic acids is 1. The SMILES string of the molecule is CCc1ccc(OCc2ccccc2C(=O)C#N)cc1. The highest BCUT2D eigenvalue weighted by molar-refractivity contribution is 6.08. The van der Waals surface area contributed by atoms with Crippen LogP contribution in [0.3, 0.4) is 0 Å². The molecule has 0 radical (unpaired) electrons. The molecular formula is C17H15NO2. The van der Waals surface area contributed by atoms with Crippen LogP contribution in [0.5, 0.6) is 5.75 Å². The van der Waals surface area contributed by atoms with Gasteiger partial charge in [-0.2, -0.15) is 5.26 Å². The molecule has 0 fully saturated rings. The van der Waals surface area contributed by atoms with Gasteiger partial charge in [0.2, 0.25) is 0 Å². The third kappa shape index (κ3) is 3.24. The molecule has 2 aromatic rings. The second-order valence-electron chi connectivity index (χ2n) is 4.38. The Morgan fingerprint density at radius 3 is 2.50 bits per heavy atom. The predicted octanol–water partition coefficient (Wildman–Crippen LogP) is 3.53. The maximum absolute atomic E-state index is 11.5. The summed E-state index contributed by atoms with van der Waals surface area (Å²) in [4.78, 5) is 11.5. The highest BCUT2D eigenvalue weighted by Gasteiger charge is 2.10. The molecule has 0 saturated carbocycles. The van der Waals surface area contributed by atoms with Crippen molar-refractivity contribution in [2.45, 2.75) is 20.0 Å². The van der Waals surface area contributed by atoms with E-state index in [2.05, 4.69) is 6.92 Å². The normalized spacial score (nSPS) is 9.80. The van der Waals surface area contributed by atoms with E-state index < -0.39 is 5.78 Å². The van der Waals surface area contributed by atoms with Crippen molar-refractivity contribution in [1.82, 2.24) is 0 Å². The summed E-state index contributed by atoms with van der Waals surface area (Å²) in [7, 11) is 0. The number of carbonyl (C=O) groups is 1. The minimum Gasteiger partial charge on any atom is -0.489 e. The van der Waals surface area contributed by atoms with Gasteiger partial charge in [0.1, 0.15) is 18.4 Å². The molecule has 0 bridgehead atoms. The summed E-state index contributed by atoms with van der Waals surface area (Å²) in [6.45, 7) is 2.37. The first-order chi connectivity index (χ1) is 9.74. The van der Waals surface area contributed by atoms with E-state index in [1.54, 1.807) is 24.3 Å². The van der Waals surface area contributed by atoms with Gasteiger partial charge in [-0.15, -0.1) is 0 Å². The molecule has 3 heteroatoms. The van der Waals surface area contributed by atoms with Crippen LogP contribution >= 0.6 is 0 Å². The lowest BCUT2D eigenvalue weighted by Crippen LogP contribution is -2.04. The lowest BCUT2D eigenvalue weighted by molar-refractivity contribution is 0.105. The van der Waals surface area contributed by atoms with E-state index in [0.717, 1.165) is 17.7 Å². The largest absolute Gasteiger partial charge is 0.489 e. The monoisotopic (exact) mass is 265 g/mol. The Kier molecular flexibility index (Phi) is 4.52. The smallest absolute Gasteiger partial charge is 0.262 e. The van der Waals surface area contributed by atoms with Crippen LogP contribution in [-0.2, 0) is 13.0 Å². The van der Waals surface area contributed by atoms with Gasteiger partial charge in [-0.05, 0) is 30.2 Å². The molecule has 20 heavy (non-hydrogen) atoms. The van der Waals surface area contributed by atoms with Crippen molar-refractivity contribution >= 4 is 5.78 Å². The van der Waals surface area contributed by atoms with Crippen LogP contribution in [0.4, 0.5) is 0 Å². The zero-order valence-corrected chi connectivity index (χ0v) is 11.3. The minimum absolute atomic E-state index is 0.273. The fourth-order valence-electron chi connectivity index (χ4n) is 1.91. The molecule has 0 unspecified atom stereocenters. The van der Waals surface area contributed by atoms with Gasteiger partial charge < -0.3 is 4.74 Å². The highest BCUT2D eigenvalue weighted by Crippen LogP contribution is 2.16. The van der Waals surface area contributed by atoms with E-state index >= 15 is 0 Å². The van der Waals surface area contributed by atoms with Crippen molar-refractivity contribution in [1.29, 1.82) is 5.26 Å². The van der Waals surface area contributed by atoms with E-state index in [9.17, 15) is 4.79 Å². The number of rotatable bonds is 5. The average Bonchev–Trinajstić information content (AvgIpc) is 2.53. The summed E-state index contributed by atoms with van der Waals surface area (Å²) in [6.07, 6.45) is 0.986. The van der Waals surface area contributed by atoms with Gasteiger partial charge in [-0.3, -0.25) is 4.79 Å². The lowest BCUT2D eigenvalue weighted by atomic mass is 10.1. The second-order valence-corrected chi connectivity index (χ2v) is 4.38. The molecule has 0 heterocycles. The predicted molar refractivity (Wildman–Crippen MR) is 76.5 cm³/mol. The number of nitrogens with zero attached hydrogens (tertiary/aromatic N) is 1. The van der Waals surface area contributed by atoms with E-state index in [1.165, 1.54) is 5.56 Å². The molecule has 0 spiro atoms. The molecule has 2 aromatic carbocycles. The highest BCUT2D eigenvalue weighted by atomic mass is 16.5. The van der Waals surface area contributed by atoms with Gasteiger partial charge in [0.25, 0.3) is 5.78 Å². The molecule has 0 aromatic heterocycles. The van der Waals surface area contributed by atoms with Crippen LogP contribution < -0.4 is 4.74 Å². The molecule has 3 nitrogen and oxygen atoms in total. The Bertz CT molecular complexity index is 639.